The molecule has 3 aromatic carbocycles. The summed E-state index contributed by atoms with van der Waals surface area (Å²) in [6, 6.07) is 18.6. The number of benzene rings is 3. The van der Waals surface area contributed by atoms with Crippen LogP contribution in [0.2, 0.25) is 10.0 Å². The lowest BCUT2D eigenvalue weighted by atomic mass is 10.2. The highest BCUT2D eigenvalue weighted by atomic mass is 35.5. The molecule has 0 aliphatic carbocycles. The number of hydrogen-bond donors (Lipinski definition) is 1. The third kappa shape index (κ3) is 5.95. The maximum Gasteiger partial charge on any atom is 0.264 e. The van der Waals surface area contributed by atoms with Gasteiger partial charge >= 0.3 is 0 Å². The Bertz CT molecular complexity index is 1270. The third-order valence-electron chi connectivity index (χ3n) is 4.98. The fraction of sp³-hybridized carbons (Fsp3) is 0.154. The molecule has 0 unspecified atom stereocenters. The molecule has 1 fully saturated rings. The van der Waals surface area contributed by atoms with Gasteiger partial charge in [0.1, 0.15) is 6.61 Å². The van der Waals surface area contributed by atoms with Crippen molar-refractivity contribution in [2.45, 2.75) is 20.5 Å². The van der Waals surface area contributed by atoms with E-state index in [0.29, 0.717) is 44.8 Å². The van der Waals surface area contributed by atoms with Gasteiger partial charge < -0.3 is 14.8 Å². The van der Waals surface area contributed by atoms with Crippen molar-refractivity contribution in [2.24, 2.45) is 4.99 Å². The zero-order valence-corrected chi connectivity index (χ0v) is 20.9. The maximum absolute atomic E-state index is 12.5. The molecule has 1 saturated heterocycles. The van der Waals surface area contributed by atoms with Gasteiger partial charge in [0.15, 0.2) is 16.7 Å². The second-order valence-corrected chi connectivity index (χ2v) is 9.29. The largest absolute Gasteiger partial charge is 0.490 e. The van der Waals surface area contributed by atoms with Crippen molar-refractivity contribution < 1.29 is 14.3 Å². The van der Waals surface area contributed by atoms with Crippen molar-refractivity contribution in [1.29, 1.82) is 0 Å². The van der Waals surface area contributed by atoms with Gasteiger partial charge in [-0.15, -0.1) is 0 Å². The number of amides is 1. The van der Waals surface area contributed by atoms with Gasteiger partial charge in [-0.2, -0.15) is 0 Å². The van der Waals surface area contributed by atoms with E-state index in [1.54, 1.807) is 6.08 Å². The van der Waals surface area contributed by atoms with Crippen LogP contribution in [0.5, 0.6) is 11.5 Å². The highest BCUT2D eigenvalue weighted by molar-refractivity contribution is 8.18. The van der Waals surface area contributed by atoms with E-state index in [1.807, 2.05) is 74.5 Å². The van der Waals surface area contributed by atoms with Gasteiger partial charge in [-0.25, -0.2) is 4.99 Å². The summed E-state index contributed by atoms with van der Waals surface area (Å²) in [6.45, 7) is 4.68. The lowest BCUT2D eigenvalue weighted by Gasteiger charge is -2.13. The van der Waals surface area contributed by atoms with Crippen molar-refractivity contribution in [2.75, 3.05) is 6.61 Å². The number of thioether (sulfide) groups is 1. The first-order valence-corrected chi connectivity index (χ1v) is 12.2. The van der Waals surface area contributed by atoms with E-state index in [2.05, 4.69) is 10.3 Å². The fourth-order valence-corrected chi connectivity index (χ4v) is 4.33. The molecule has 34 heavy (non-hydrogen) atoms. The van der Waals surface area contributed by atoms with E-state index in [4.69, 9.17) is 32.7 Å². The summed E-state index contributed by atoms with van der Waals surface area (Å²) < 4.78 is 11.7. The van der Waals surface area contributed by atoms with Crippen LogP contribution in [0, 0.1) is 6.92 Å². The number of nitrogens with zero attached hydrogens (tertiary/aromatic N) is 1. The summed E-state index contributed by atoms with van der Waals surface area (Å²) in [6.07, 6.45) is 1.80. The number of aliphatic imine (C=N–C) groups is 1. The molecule has 3 aromatic rings. The molecule has 1 heterocycles. The second kappa shape index (κ2) is 11.0. The monoisotopic (exact) mass is 512 g/mol. The molecule has 0 bridgehead atoms. The minimum atomic E-state index is -0.204. The van der Waals surface area contributed by atoms with Crippen molar-refractivity contribution in [3.8, 4) is 11.5 Å². The number of carbonyl (C=O) groups is 1. The number of ether oxygens (including phenoxy) is 2. The normalized spacial score (nSPS) is 15.6. The van der Waals surface area contributed by atoms with Crippen LogP contribution in [0.15, 0.2) is 70.6 Å². The number of carbonyl (C=O) groups excluding carboxylic acids is 1. The van der Waals surface area contributed by atoms with E-state index in [9.17, 15) is 4.79 Å². The molecule has 0 saturated carbocycles. The maximum atomic E-state index is 12.5. The third-order valence-corrected chi connectivity index (χ3v) is 6.56. The first-order chi connectivity index (χ1) is 16.4. The Morgan fingerprint density at radius 3 is 2.59 bits per heavy atom. The van der Waals surface area contributed by atoms with E-state index in [0.717, 1.165) is 22.4 Å². The number of amidine groups is 1. The molecule has 5 nitrogen and oxygen atoms in total. The average Bonchev–Trinajstić information content (AvgIpc) is 3.16. The van der Waals surface area contributed by atoms with Gasteiger partial charge in [0.25, 0.3) is 5.91 Å². The zero-order chi connectivity index (χ0) is 24.1. The molecule has 0 atom stereocenters. The van der Waals surface area contributed by atoms with Crippen LogP contribution in [0.25, 0.3) is 6.08 Å². The Balaban J connectivity index is 1.52. The van der Waals surface area contributed by atoms with Crippen LogP contribution in [0.3, 0.4) is 0 Å². The number of hydrogen-bond acceptors (Lipinski definition) is 5. The number of halogens is 2. The molecule has 174 valence electrons. The summed E-state index contributed by atoms with van der Waals surface area (Å²) in [5.74, 6) is 1.03. The fourth-order valence-electron chi connectivity index (χ4n) is 3.20. The van der Waals surface area contributed by atoms with E-state index >= 15 is 0 Å². The summed E-state index contributed by atoms with van der Waals surface area (Å²) in [5.41, 5.74) is 3.40. The predicted octanol–water partition coefficient (Wildman–Crippen LogP) is 7.17. The topological polar surface area (TPSA) is 59.9 Å². The van der Waals surface area contributed by atoms with Gasteiger partial charge in [-0.05, 0) is 84.8 Å². The first kappa shape index (κ1) is 24.2. The van der Waals surface area contributed by atoms with E-state index < -0.39 is 0 Å². The van der Waals surface area contributed by atoms with Crippen molar-refractivity contribution in [3.63, 3.8) is 0 Å². The summed E-state index contributed by atoms with van der Waals surface area (Å²) in [5, 5.41) is 4.63. The van der Waals surface area contributed by atoms with Crippen LogP contribution < -0.4 is 14.8 Å². The van der Waals surface area contributed by atoms with Gasteiger partial charge in [0.05, 0.1) is 17.2 Å². The van der Waals surface area contributed by atoms with Gasteiger partial charge in [-0.1, -0.05) is 47.5 Å². The van der Waals surface area contributed by atoms with Gasteiger partial charge in [0, 0.05) is 10.0 Å². The lowest BCUT2D eigenvalue weighted by molar-refractivity contribution is -0.115. The quantitative estimate of drug-likeness (QED) is 0.340. The van der Waals surface area contributed by atoms with Gasteiger partial charge in [-0.3, -0.25) is 4.79 Å². The van der Waals surface area contributed by atoms with Crippen LogP contribution in [-0.2, 0) is 11.4 Å². The Kier molecular flexibility index (Phi) is 7.83. The van der Waals surface area contributed by atoms with Crippen LogP contribution in [0.1, 0.15) is 23.6 Å². The highest BCUT2D eigenvalue weighted by Crippen LogP contribution is 2.34. The number of nitrogens with one attached hydrogen (secondary N) is 1. The SMILES string of the molecule is CCOc1cc(/C=C2/SC(=Nc3cccc(Cl)c3C)NC2=O)ccc1OCc1ccc(Cl)cc1. The zero-order valence-electron chi connectivity index (χ0n) is 18.6. The molecule has 0 aromatic heterocycles. The molecule has 8 heteroatoms. The number of rotatable bonds is 7. The molecule has 4 rings (SSSR count). The molecular formula is C26H22Cl2N2O3S. The van der Waals surface area contributed by atoms with Crippen LogP contribution in [-0.4, -0.2) is 17.7 Å². The molecule has 0 radical (unpaired) electrons. The Hall–Kier alpha value is -2.93. The Morgan fingerprint density at radius 1 is 1.03 bits per heavy atom. The van der Waals surface area contributed by atoms with E-state index in [1.165, 1.54) is 11.8 Å². The van der Waals surface area contributed by atoms with Crippen molar-refractivity contribution >= 4 is 57.8 Å². The Labute approximate surface area is 212 Å². The van der Waals surface area contributed by atoms with Gasteiger partial charge in [0.2, 0.25) is 0 Å². The predicted molar refractivity (Wildman–Crippen MR) is 140 cm³/mol. The van der Waals surface area contributed by atoms with E-state index in [-0.39, 0.29) is 5.91 Å². The first-order valence-electron chi connectivity index (χ1n) is 10.6. The summed E-state index contributed by atoms with van der Waals surface area (Å²) in [4.78, 5) is 17.6. The highest BCUT2D eigenvalue weighted by Gasteiger charge is 2.24. The van der Waals surface area contributed by atoms with Crippen LogP contribution >= 0.6 is 35.0 Å². The molecule has 0 spiro atoms. The Morgan fingerprint density at radius 2 is 1.82 bits per heavy atom. The smallest absolute Gasteiger partial charge is 0.264 e. The minimum Gasteiger partial charge on any atom is -0.490 e. The lowest BCUT2D eigenvalue weighted by Crippen LogP contribution is -2.19. The summed E-state index contributed by atoms with van der Waals surface area (Å²) in [7, 11) is 0. The molecule has 1 aliphatic heterocycles. The van der Waals surface area contributed by atoms with Crippen molar-refractivity contribution in [3.05, 3.63) is 92.3 Å². The second-order valence-electron chi connectivity index (χ2n) is 7.42. The molecule has 1 aliphatic rings. The van der Waals surface area contributed by atoms with Crippen LogP contribution in [0.4, 0.5) is 5.69 Å². The molecule has 1 N–H and O–H groups in total. The standard InChI is InChI=1S/C26H22Cl2N2O3S/c1-3-32-23-13-18(9-12-22(23)33-15-17-7-10-19(27)11-8-17)14-24-25(31)30-26(34-24)29-21-6-4-5-20(28)16(21)2/h4-14H,3,15H2,1-2H3,(H,29,30,31)/b24-14+. The average molecular weight is 513 g/mol. The van der Waals surface area contributed by atoms with Crippen molar-refractivity contribution in [1.82, 2.24) is 5.32 Å². The minimum absolute atomic E-state index is 0.204. The molecule has 1 amide bonds. The molecular weight excluding hydrogens is 491 g/mol. The summed E-state index contributed by atoms with van der Waals surface area (Å²) >= 11 is 13.4.